The van der Waals surface area contributed by atoms with Crippen LogP contribution in [-0.4, -0.2) is 60.5 Å². The Morgan fingerprint density at radius 1 is 1.03 bits per heavy atom. The van der Waals surface area contributed by atoms with Crippen molar-refractivity contribution < 1.29 is 19.1 Å². The molecule has 1 atom stereocenters. The molecule has 0 aliphatic carbocycles. The molecule has 2 aromatic carbocycles. The van der Waals surface area contributed by atoms with Gasteiger partial charge in [-0.05, 0) is 69.7 Å². The van der Waals surface area contributed by atoms with E-state index >= 15 is 0 Å². The lowest BCUT2D eigenvalue weighted by Crippen LogP contribution is -2.46. The summed E-state index contributed by atoms with van der Waals surface area (Å²) < 4.78 is 11.0. The minimum Gasteiger partial charge on any atom is -0.497 e. The standard InChI is InChI=1S/C27H32ClN5O4/c1-33(2)13-5-4-6-24(32-26(34)20-16-29-18-30-17-20)27(35)31-15-19-7-9-21(10-8-19)37-25-12-11-22(36-3)14-23(25)28/h7-12,14,16-18,24H,4-6,13,15H2,1-3H3,(H,31,35)(H,32,34). The van der Waals surface area contributed by atoms with E-state index in [9.17, 15) is 9.59 Å². The molecule has 1 aromatic heterocycles. The number of hydrogen-bond acceptors (Lipinski definition) is 7. The third-order valence-electron chi connectivity index (χ3n) is 5.55. The van der Waals surface area contributed by atoms with Crippen molar-refractivity contribution >= 4 is 23.4 Å². The van der Waals surface area contributed by atoms with Gasteiger partial charge in [-0.2, -0.15) is 0 Å². The van der Waals surface area contributed by atoms with Crippen LogP contribution in [0.15, 0.2) is 61.2 Å². The Labute approximate surface area is 222 Å². The number of hydrogen-bond donors (Lipinski definition) is 2. The highest BCUT2D eigenvalue weighted by Crippen LogP contribution is 2.32. The van der Waals surface area contributed by atoms with Crippen molar-refractivity contribution in [3.8, 4) is 17.2 Å². The zero-order chi connectivity index (χ0) is 26.6. The normalized spacial score (nSPS) is 11.6. The van der Waals surface area contributed by atoms with Crippen LogP contribution in [0, 0.1) is 0 Å². The number of carbonyl (C=O) groups is 2. The van der Waals surface area contributed by atoms with E-state index < -0.39 is 6.04 Å². The molecular weight excluding hydrogens is 494 g/mol. The number of carbonyl (C=O) groups excluding carboxylic acids is 2. The van der Waals surface area contributed by atoms with Crippen molar-refractivity contribution in [2.75, 3.05) is 27.7 Å². The molecule has 1 unspecified atom stereocenters. The van der Waals surface area contributed by atoms with Crippen LogP contribution in [0.4, 0.5) is 0 Å². The summed E-state index contributed by atoms with van der Waals surface area (Å²) in [5, 5.41) is 6.19. The second-order valence-electron chi connectivity index (χ2n) is 8.71. The van der Waals surface area contributed by atoms with Crippen LogP contribution in [-0.2, 0) is 11.3 Å². The summed E-state index contributed by atoms with van der Waals surface area (Å²) in [6.45, 7) is 1.21. The molecule has 0 bridgehead atoms. The van der Waals surface area contributed by atoms with Gasteiger partial charge < -0.3 is 25.0 Å². The number of benzene rings is 2. The smallest absolute Gasteiger partial charge is 0.255 e. The zero-order valence-electron chi connectivity index (χ0n) is 21.2. The van der Waals surface area contributed by atoms with Crippen LogP contribution in [0.5, 0.6) is 17.2 Å². The maximum absolute atomic E-state index is 13.0. The summed E-state index contributed by atoms with van der Waals surface area (Å²) in [5.41, 5.74) is 1.19. The number of unbranched alkanes of at least 4 members (excludes halogenated alkanes) is 1. The van der Waals surface area contributed by atoms with Crippen molar-refractivity contribution in [2.45, 2.75) is 31.8 Å². The van der Waals surface area contributed by atoms with E-state index in [4.69, 9.17) is 21.1 Å². The number of nitrogens with zero attached hydrogens (tertiary/aromatic N) is 3. The molecule has 1 heterocycles. The van der Waals surface area contributed by atoms with Crippen molar-refractivity contribution in [2.24, 2.45) is 0 Å². The van der Waals surface area contributed by atoms with Gasteiger partial charge in [-0.25, -0.2) is 9.97 Å². The molecule has 3 rings (SSSR count). The van der Waals surface area contributed by atoms with Crippen molar-refractivity contribution in [1.29, 1.82) is 0 Å². The molecule has 196 valence electrons. The largest absolute Gasteiger partial charge is 0.497 e. The fraction of sp³-hybridized carbons (Fsp3) is 0.333. The van der Waals surface area contributed by atoms with Crippen LogP contribution in [0.2, 0.25) is 5.02 Å². The summed E-state index contributed by atoms with van der Waals surface area (Å²) in [4.78, 5) is 35.4. The number of halogens is 1. The van der Waals surface area contributed by atoms with Crippen molar-refractivity contribution in [1.82, 2.24) is 25.5 Å². The first-order valence-corrected chi connectivity index (χ1v) is 12.3. The molecule has 0 aliphatic rings. The Hall–Kier alpha value is -3.69. The Bertz CT molecular complexity index is 1160. The van der Waals surface area contributed by atoms with Gasteiger partial charge in [-0.1, -0.05) is 23.7 Å². The lowest BCUT2D eigenvalue weighted by Gasteiger charge is -2.19. The SMILES string of the molecule is COc1ccc(Oc2ccc(CNC(=O)C(CCCCN(C)C)NC(=O)c3cncnc3)cc2)c(Cl)c1. The van der Waals surface area contributed by atoms with Gasteiger partial charge in [0.1, 0.15) is 29.6 Å². The molecule has 9 nitrogen and oxygen atoms in total. The highest BCUT2D eigenvalue weighted by molar-refractivity contribution is 6.32. The molecule has 0 aliphatic heterocycles. The first kappa shape index (κ1) is 27.9. The lowest BCUT2D eigenvalue weighted by molar-refractivity contribution is -0.123. The zero-order valence-corrected chi connectivity index (χ0v) is 22.0. The minimum absolute atomic E-state index is 0.250. The second-order valence-corrected chi connectivity index (χ2v) is 9.12. The fourth-order valence-electron chi connectivity index (χ4n) is 3.51. The number of methoxy groups -OCH3 is 1. The average molecular weight is 526 g/mol. The van der Waals surface area contributed by atoms with E-state index in [1.807, 2.05) is 26.2 Å². The van der Waals surface area contributed by atoms with Gasteiger partial charge in [-0.3, -0.25) is 9.59 Å². The molecule has 2 amide bonds. The minimum atomic E-state index is -0.672. The third-order valence-corrected chi connectivity index (χ3v) is 5.85. The number of amides is 2. The van der Waals surface area contributed by atoms with E-state index in [1.54, 1.807) is 37.4 Å². The van der Waals surface area contributed by atoms with Crippen molar-refractivity contribution in [3.05, 3.63) is 77.3 Å². The fourth-order valence-corrected chi connectivity index (χ4v) is 3.72. The Morgan fingerprint density at radius 2 is 1.73 bits per heavy atom. The molecular formula is C27H32ClN5O4. The summed E-state index contributed by atoms with van der Waals surface area (Å²) in [6.07, 6.45) is 6.43. The van der Waals surface area contributed by atoms with Gasteiger partial charge in [0.25, 0.3) is 5.91 Å². The van der Waals surface area contributed by atoms with Gasteiger partial charge in [0.05, 0.1) is 17.7 Å². The van der Waals surface area contributed by atoms with Gasteiger partial charge in [0.15, 0.2) is 0 Å². The molecule has 3 aromatic rings. The van der Waals surface area contributed by atoms with Crippen LogP contribution in [0.1, 0.15) is 35.2 Å². The summed E-state index contributed by atoms with van der Waals surface area (Å²) >= 11 is 6.25. The van der Waals surface area contributed by atoms with Gasteiger partial charge >= 0.3 is 0 Å². The molecule has 0 spiro atoms. The van der Waals surface area contributed by atoms with Crippen LogP contribution in [0.25, 0.3) is 0 Å². The van der Waals surface area contributed by atoms with E-state index in [-0.39, 0.29) is 11.8 Å². The van der Waals surface area contributed by atoms with E-state index in [1.165, 1.54) is 18.7 Å². The first-order chi connectivity index (χ1) is 17.9. The molecule has 0 fully saturated rings. The monoisotopic (exact) mass is 525 g/mol. The third kappa shape index (κ3) is 9.04. The molecule has 0 radical (unpaired) electrons. The van der Waals surface area contributed by atoms with Crippen molar-refractivity contribution in [3.63, 3.8) is 0 Å². The van der Waals surface area contributed by atoms with Gasteiger partial charge in [-0.15, -0.1) is 0 Å². The predicted molar refractivity (Wildman–Crippen MR) is 142 cm³/mol. The van der Waals surface area contributed by atoms with Crippen LogP contribution < -0.4 is 20.1 Å². The van der Waals surface area contributed by atoms with Crippen LogP contribution >= 0.6 is 11.6 Å². The predicted octanol–water partition coefficient (Wildman–Crippen LogP) is 4.08. The molecule has 0 saturated heterocycles. The highest BCUT2D eigenvalue weighted by atomic mass is 35.5. The maximum atomic E-state index is 13.0. The van der Waals surface area contributed by atoms with E-state index in [0.29, 0.717) is 40.8 Å². The summed E-state index contributed by atoms with van der Waals surface area (Å²) in [6, 6.07) is 11.8. The van der Waals surface area contributed by atoms with Gasteiger partial charge in [0.2, 0.25) is 5.91 Å². The number of ether oxygens (including phenoxy) is 2. The topological polar surface area (TPSA) is 106 Å². The first-order valence-electron chi connectivity index (χ1n) is 11.9. The molecule has 10 heteroatoms. The Morgan fingerprint density at radius 3 is 2.38 bits per heavy atom. The Kier molecular flexibility index (Phi) is 10.7. The second kappa shape index (κ2) is 14.2. The molecule has 37 heavy (non-hydrogen) atoms. The number of nitrogens with one attached hydrogen (secondary N) is 2. The molecule has 0 saturated carbocycles. The Balaban J connectivity index is 1.57. The number of aromatic nitrogens is 2. The molecule has 2 N–H and O–H groups in total. The van der Waals surface area contributed by atoms with E-state index in [0.717, 1.165) is 24.9 Å². The summed E-state index contributed by atoms with van der Waals surface area (Å²) in [7, 11) is 5.58. The maximum Gasteiger partial charge on any atom is 0.255 e. The van der Waals surface area contributed by atoms with E-state index in [2.05, 4.69) is 25.5 Å². The summed E-state index contributed by atoms with van der Waals surface area (Å²) in [5.74, 6) is 1.14. The number of rotatable bonds is 13. The van der Waals surface area contributed by atoms with Gasteiger partial charge in [0, 0.05) is 25.0 Å². The van der Waals surface area contributed by atoms with Crippen LogP contribution in [0.3, 0.4) is 0 Å². The quantitative estimate of drug-likeness (QED) is 0.324. The lowest BCUT2D eigenvalue weighted by atomic mass is 10.1. The average Bonchev–Trinajstić information content (AvgIpc) is 2.91. The highest BCUT2D eigenvalue weighted by Gasteiger charge is 2.21.